The Labute approximate surface area is 127 Å². The van der Waals surface area contributed by atoms with Crippen molar-refractivity contribution >= 4 is 16.9 Å². The molecule has 22 heavy (non-hydrogen) atoms. The SMILES string of the molecule is O=c1c2c(oc3ccccc13)NC=CC2Cc1ccccc1. The minimum Gasteiger partial charge on any atom is -0.440 e. The summed E-state index contributed by atoms with van der Waals surface area (Å²) in [5.74, 6) is 0.589. The summed E-state index contributed by atoms with van der Waals surface area (Å²) >= 11 is 0. The summed E-state index contributed by atoms with van der Waals surface area (Å²) in [4.78, 5) is 12.8. The van der Waals surface area contributed by atoms with Crippen molar-refractivity contribution in [1.82, 2.24) is 0 Å². The molecule has 0 radical (unpaired) electrons. The van der Waals surface area contributed by atoms with Crippen molar-refractivity contribution in [2.24, 2.45) is 0 Å². The van der Waals surface area contributed by atoms with E-state index in [1.54, 1.807) is 0 Å². The molecule has 0 aliphatic carbocycles. The van der Waals surface area contributed by atoms with E-state index in [9.17, 15) is 4.79 Å². The third-order valence-electron chi connectivity index (χ3n) is 4.05. The molecule has 1 N–H and O–H groups in total. The molecule has 0 saturated heterocycles. The van der Waals surface area contributed by atoms with Crippen LogP contribution in [0, 0.1) is 0 Å². The van der Waals surface area contributed by atoms with Crippen LogP contribution in [0.2, 0.25) is 0 Å². The van der Waals surface area contributed by atoms with Gasteiger partial charge in [-0.25, -0.2) is 0 Å². The van der Waals surface area contributed by atoms with E-state index in [1.807, 2.05) is 54.7 Å². The van der Waals surface area contributed by atoms with Gasteiger partial charge in [0.1, 0.15) is 5.58 Å². The lowest BCUT2D eigenvalue weighted by Crippen LogP contribution is -2.19. The van der Waals surface area contributed by atoms with Crippen molar-refractivity contribution in [3.63, 3.8) is 0 Å². The standard InChI is InChI=1S/C19H15NO2/c21-18-15-8-4-5-9-16(15)22-19-17(18)14(10-11-20-19)12-13-6-2-1-3-7-13/h1-11,14,20H,12H2. The Morgan fingerprint density at radius 1 is 1.00 bits per heavy atom. The van der Waals surface area contributed by atoms with E-state index in [1.165, 1.54) is 5.56 Å². The van der Waals surface area contributed by atoms with Crippen molar-refractivity contribution in [3.05, 3.63) is 88.2 Å². The van der Waals surface area contributed by atoms with E-state index < -0.39 is 0 Å². The first-order chi connectivity index (χ1) is 10.8. The lowest BCUT2D eigenvalue weighted by Gasteiger charge is -2.20. The average Bonchev–Trinajstić information content (AvgIpc) is 2.56. The second kappa shape index (κ2) is 5.19. The van der Waals surface area contributed by atoms with Crippen molar-refractivity contribution in [3.8, 4) is 0 Å². The minimum absolute atomic E-state index is 0.0273. The zero-order valence-corrected chi connectivity index (χ0v) is 12.0. The highest BCUT2D eigenvalue weighted by Crippen LogP contribution is 2.32. The van der Waals surface area contributed by atoms with Gasteiger partial charge in [0.25, 0.3) is 0 Å². The third kappa shape index (κ3) is 2.11. The lowest BCUT2D eigenvalue weighted by atomic mass is 9.90. The highest BCUT2D eigenvalue weighted by atomic mass is 16.3. The maximum absolute atomic E-state index is 12.8. The normalized spacial score (nSPS) is 16.3. The number of anilines is 1. The van der Waals surface area contributed by atoms with Crippen LogP contribution in [0.5, 0.6) is 0 Å². The van der Waals surface area contributed by atoms with E-state index in [0.29, 0.717) is 22.4 Å². The molecule has 0 spiro atoms. The molecule has 0 fully saturated rings. The fourth-order valence-electron chi connectivity index (χ4n) is 2.97. The van der Waals surface area contributed by atoms with Gasteiger partial charge in [-0.3, -0.25) is 4.79 Å². The molecular weight excluding hydrogens is 274 g/mol. The van der Waals surface area contributed by atoms with E-state index in [2.05, 4.69) is 17.4 Å². The molecule has 1 aliphatic rings. The van der Waals surface area contributed by atoms with Gasteiger partial charge >= 0.3 is 0 Å². The Balaban J connectivity index is 1.85. The summed E-state index contributed by atoms with van der Waals surface area (Å²) in [6.45, 7) is 0. The van der Waals surface area contributed by atoms with E-state index in [-0.39, 0.29) is 11.3 Å². The molecule has 2 heterocycles. The van der Waals surface area contributed by atoms with Crippen molar-refractivity contribution < 1.29 is 4.42 Å². The van der Waals surface area contributed by atoms with Gasteiger partial charge in [-0.1, -0.05) is 48.5 Å². The number of fused-ring (bicyclic) bond motifs is 2. The van der Waals surface area contributed by atoms with Crippen LogP contribution in [0.25, 0.3) is 11.0 Å². The largest absolute Gasteiger partial charge is 0.440 e. The molecular formula is C19H15NO2. The Hall–Kier alpha value is -2.81. The highest BCUT2D eigenvalue weighted by Gasteiger charge is 2.23. The Bertz CT molecular complexity index is 910. The van der Waals surface area contributed by atoms with Crippen LogP contribution in [0.3, 0.4) is 0 Å². The van der Waals surface area contributed by atoms with Crippen LogP contribution in [0.1, 0.15) is 17.0 Å². The fourth-order valence-corrected chi connectivity index (χ4v) is 2.97. The molecule has 1 aliphatic heterocycles. The predicted octanol–water partition coefficient (Wildman–Crippen LogP) is 4.06. The number of hydrogen-bond donors (Lipinski definition) is 1. The van der Waals surface area contributed by atoms with Crippen LogP contribution in [0.4, 0.5) is 5.88 Å². The summed E-state index contributed by atoms with van der Waals surface area (Å²) in [6, 6.07) is 17.6. The van der Waals surface area contributed by atoms with Crippen molar-refractivity contribution in [2.75, 3.05) is 5.32 Å². The Morgan fingerprint density at radius 2 is 1.77 bits per heavy atom. The number of nitrogens with one attached hydrogen (secondary N) is 1. The fraction of sp³-hybridized carbons (Fsp3) is 0.105. The van der Waals surface area contributed by atoms with Crippen LogP contribution in [-0.2, 0) is 6.42 Å². The molecule has 3 aromatic rings. The number of rotatable bonds is 2. The molecule has 1 unspecified atom stereocenters. The first kappa shape index (κ1) is 12.9. The molecule has 4 rings (SSSR count). The molecule has 3 nitrogen and oxygen atoms in total. The van der Waals surface area contributed by atoms with Gasteiger partial charge in [-0.05, 0) is 24.1 Å². The maximum Gasteiger partial charge on any atom is 0.205 e. The minimum atomic E-state index is 0.0273. The van der Waals surface area contributed by atoms with Crippen molar-refractivity contribution in [1.29, 1.82) is 0 Å². The summed E-state index contributed by atoms with van der Waals surface area (Å²) in [5, 5.41) is 3.70. The van der Waals surface area contributed by atoms with Gasteiger partial charge in [0.2, 0.25) is 5.88 Å². The summed E-state index contributed by atoms with van der Waals surface area (Å²) in [7, 11) is 0. The van der Waals surface area contributed by atoms with E-state index in [0.717, 1.165) is 6.42 Å². The maximum atomic E-state index is 12.8. The molecule has 0 saturated carbocycles. The van der Waals surface area contributed by atoms with Gasteiger partial charge in [0.15, 0.2) is 5.43 Å². The topological polar surface area (TPSA) is 42.2 Å². The summed E-state index contributed by atoms with van der Waals surface area (Å²) in [5.41, 5.74) is 2.59. The van der Waals surface area contributed by atoms with E-state index in [4.69, 9.17) is 4.42 Å². The molecule has 108 valence electrons. The van der Waals surface area contributed by atoms with Gasteiger partial charge in [0, 0.05) is 12.1 Å². The van der Waals surface area contributed by atoms with Crippen molar-refractivity contribution in [2.45, 2.75) is 12.3 Å². The van der Waals surface area contributed by atoms with Gasteiger partial charge in [-0.15, -0.1) is 0 Å². The number of para-hydroxylation sites is 1. The third-order valence-corrected chi connectivity index (χ3v) is 4.05. The molecule has 1 aromatic heterocycles. The predicted molar refractivity (Wildman–Crippen MR) is 88.1 cm³/mol. The second-order valence-electron chi connectivity index (χ2n) is 5.47. The molecule has 0 amide bonds. The van der Waals surface area contributed by atoms with Gasteiger partial charge in [0.05, 0.1) is 10.9 Å². The van der Waals surface area contributed by atoms with Gasteiger partial charge < -0.3 is 9.73 Å². The highest BCUT2D eigenvalue weighted by molar-refractivity contribution is 5.79. The van der Waals surface area contributed by atoms with Crippen LogP contribution < -0.4 is 10.7 Å². The molecule has 0 bridgehead atoms. The smallest absolute Gasteiger partial charge is 0.205 e. The Morgan fingerprint density at radius 3 is 2.64 bits per heavy atom. The van der Waals surface area contributed by atoms with E-state index >= 15 is 0 Å². The van der Waals surface area contributed by atoms with Crippen LogP contribution in [-0.4, -0.2) is 0 Å². The molecule has 1 atom stereocenters. The zero-order valence-electron chi connectivity index (χ0n) is 12.0. The molecule has 2 aromatic carbocycles. The average molecular weight is 289 g/mol. The molecule has 3 heteroatoms. The Kier molecular flexibility index (Phi) is 3.04. The number of hydrogen-bond acceptors (Lipinski definition) is 3. The summed E-state index contributed by atoms with van der Waals surface area (Å²) < 4.78 is 5.87. The summed E-state index contributed by atoms with van der Waals surface area (Å²) in [6.07, 6.45) is 4.67. The van der Waals surface area contributed by atoms with Crippen LogP contribution >= 0.6 is 0 Å². The first-order valence-corrected chi connectivity index (χ1v) is 7.36. The monoisotopic (exact) mass is 289 g/mol. The van der Waals surface area contributed by atoms with Crippen LogP contribution in [0.15, 0.2) is 76.1 Å². The lowest BCUT2D eigenvalue weighted by molar-refractivity contribution is 0.601. The second-order valence-corrected chi connectivity index (χ2v) is 5.47. The zero-order chi connectivity index (χ0) is 14.9. The number of allylic oxidation sites excluding steroid dienone is 1. The number of benzene rings is 2. The van der Waals surface area contributed by atoms with Gasteiger partial charge in [-0.2, -0.15) is 0 Å². The quantitative estimate of drug-likeness (QED) is 0.773. The first-order valence-electron chi connectivity index (χ1n) is 7.36.